The fourth-order valence-electron chi connectivity index (χ4n) is 4.28. The third kappa shape index (κ3) is 7.31. The van der Waals surface area contributed by atoms with Crippen LogP contribution >= 0.6 is 11.6 Å². The van der Waals surface area contributed by atoms with Crippen LogP contribution in [0.4, 0.5) is 5.69 Å². The quantitative estimate of drug-likeness (QED) is 0.378. The van der Waals surface area contributed by atoms with E-state index in [1.807, 2.05) is 0 Å². The van der Waals surface area contributed by atoms with Gasteiger partial charge in [0.05, 0.1) is 35.5 Å². The predicted molar refractivity (Wildman–Crippen MR) is 147 cm³/mol. The van der Waals surface area contributed by atoms with E-state index in [9.17, 15) is 21.6 Å². The molecular formula is C25H34ClN3O7S2. The van der Waals surface area contributed by atoms with Crippen molar-refractivity contribution in [2.75, 3.05) is 43.9 Å². The molecule has 2 aromatic rings. The molecule has 210 valence electrons. The van der Waals surface area contributed by atoms with Gasteiger partial charge in [-0.2, -0.15) is 4.31 Å². The second-order valence-corrected chi connectivity index (χ2v) is 13.1. The number of halogens is 1. The van der Waals surface area contributed by atoms with Gasteiger partial charge < -0.3 is 14.8 Å². The van der Waals surface area contributed by atoms with Crippen molar-refractivity contribution >= 4 is 43.2 Å². The molecule has 0 aromatic heterocycles. The standard InChI is InChI=1S/C25H34ClN3O7S2/c1-4-23(29(37(3,31)32)19-8-13-24(35-2)22(26)18-19)25(30)27-14-17-36-20-9-11-21(12-10-20)38(33,34)28-15-6-5-7-16-28/h8-13,18,23H,4-7,14-17H2,1-3H3,(H,27,30)/t23-/m0/s1. The van der Waals surface area contributed by atoms with Crippen molar-refractivity contribution in [3.05, 3.63) is 47.5 Å². The van der Waals surface area contributed by atoms with Crippen molar-refractivity contribution in [3.63, 3.8) is 0 Å². The zero-order valence-electron chi connectivity index (χ0n) is 21.7. The first-order chi connectivity index (χ1) is 18.0. The highest BCUT2D eigenvalue weighted by atomic mass is 35.5. The lowest BCUT2D eigenvalue weighted by Crippen LogP contribution is -2.50. The summed E-state index contributed by atoms with van der Waals surface area (Å²) in [6.45, 7) is 2.99. The minimum absolute atomic E-state index is 0.105. The number of piperidine rings is 1. The smallest absolute Gasteiger partial charge is 0.244 e. The van der Waals surface area contributed by atoms with Crippen molar-refractivity contribution < 1.29 is 31.1 Å². The van der Waals surface area contributed by atoms with E-state index in [0.717, 1.165) is 29.8 Å². The number of nitrogens with zero attached hydrogens (tertiary/aromatic N) is 2. The van der Waals surface area contributed by atoms with E-state index in [0.29, 0.717) is 24.6 Å². The van der Waals surface area contributed by atoms with Crippen LogP contribution in [0.15, 0.2) is 47.4 Å². The Morgan fingerprint density at radius 3 is 2.29 bits per heavy atom. The molecule has 0 unspecified atom stereocenters. The van der Waals surface area contributed by atoms with Gasteiger partial charge in [0, 0.05) is 13.1 Å². The minimum atomic E-state index is -3.82. The van der Waals surface area contributed by atoms with Crippen LogP contribution in [0.25, 0.3) is 0 Å². The molecule has 0 spiro atoms. The fraction of sp³-hybridized carbons (Fsp3) is 0.480. The van der Waals surface area contributed by atoms with Gasteiger partial charge in [-0.3, -0.25) is 9.10 Å². The van der Waals surface area contributed by atoms with Crippen molar-refractivity contribution in [1.82, 2.24) is 9.62 Å². The van der Waals surface area contributed by atoms with E-state index in [1.54, 1.807) is 19.1 Å². The van der Waals surface area contributed by atoms with Crippen LogP contribution in [0.2, 0.25) is 5.02 Å². The maximum absolute atomic E-state index is 13.0. The normalized spacial score (nSPS) is 15.5. The van der Waals surface area contributed by atoms with E-state index in [4.69, 9.17) is 21.1 Å². The third-order valence-electron chi connectivity index (χ3n) is 6.17. The van der Waals surface area contributed by atoms with Gasteiger partial charge in [0.2, 0.25) is 26.0 Å². The van der Waals surface area contributed by atoms with E-state index in [2.05, 4.69) is 5.32 Å². The molecule has 1 atom stereocenters. The summed E-state index contributed by atoms with van der Waals surface area (Å²) in [5.41, 5.74) is 0.246. The lowest BCUT2D eigenvalue weighted by Gasteiger charge is -2.30. The fourth-order valence-corrected chi connectivity index (χ4v) is 7.25. The summed E-state index contributed by atoms with van der Waals surface area (Å²) in [5.74, 6) is 0.349. The molecule has 1 saturated heterocycles. The number of amides is 1. The lowest BCUT2D eigenvalue weighted by atomic mass is 10.2. The average Bonchev–Trinajstić information content (AvgIpc) is 2.89. The predicted octanol–water partition coefficient (Wildman–Crippen LogP) is 3.26. The number of hydrogen-bond acceptors (Lipinski definition) is 7. The van der Waals surface area contributed by atoms with Crippen molar-refractivity contribution in [2.45, 2.75) is 43.5 Å². The summed E-state index contributed by atoms with van der Waals surface area (Å²) in [5, 5.41) is 2.93. The maximum Gasteiger partial charge on any atom is 0.244 e. The Bertz CT molecular complexity index is 1310. The molecule has 13 heteroatoms. The number of carbonyl (C=O) groups is 1. The van der Waals surface area contributed by atoms with Crippen molar-refractivity contribution in [2.24, 2.45) is 0 Å². The number of nitrogens with one attached hydrogen (secondary N) is 1. The molecule has 1 aliphatic rings. The molecule has 38 heavy (non-hydrogen) atoms. The number of carbonyl (C=O) groups excluding carboxylic acids is 1. The van der Waals surface area contributed by atoms with Gasteiger partial charge in [0.1, 0.15) is 24.1 Å². The Kier molecular flexibility index (Phi) is 10.3. The molecule has 1 fully saturated rings. The SMILES string of the molecule is CC[C@@H](C(=O)NCCOc1ccc(S(=O)(=O)N2CCCCC2)cc1)N(c1ccc(OC)c(Cl)c1)S(C)(=O)=O. The first-order valence-electron chi connectivity index (χ1n) is 12.3. The molecular weight excluding hydrogens is 554 g/mol. The van der Waals surface area contributed by atoms with Crippen LogP contribution in [0, 0.1) is 0 Å². The second kappa shape index (κ2) is 13.0. The highest BCUT2D eigenvalue weighted by molar-refractivity contribution is 7.92. The van der Waals surface area contributed by atoms with Gasteiger partial charge in [-0.15, -0.1) is 0 Å². The van der Waals surface area contributed by atoms with Gasteiger partial charge in [0.15, 0.2) is 0 Å². The van der Waals surface area contributed by atoms with Crippen molar-refractivity contribution in [3.8, 4) is 11.5 Å². The largest absolute Gasteiger partial charge is 0.495 e. The summed E-state index contributed by atoms with van der Waals surface area (Å²) < 4.78 is 64.1. The molecule has 0 radical (unpaired) electrons. The van der Waals surface area contributed by atoms with Crippen LogP contribution < -0.4 is 19.1 Å². The molecule has 3 rings (SSSR count). The van der Waals surface area contributed by atoms with Crippen LogP contribution in [0.1, 0.15) is 32.6 Å². The topological polar surface area (TPSA) is 122 Å². The molecule has 2 aromatic carbocycles. The first-order valence-corrected chi connectivity index (χ1v) is 16.0. The summed E-state index contributed by atoms with van der Waals surface area (Å²) >= 11 is 6.19. The zero-order chi connectivity index (χ0) is 27.9. The molecule has 0 bridgehead atoms. The summed E-state index contributed by atoms with van der Waals surface area (Å²) in [6.07, 6.45) is 4.01. The number of anilines is 1. The number of ether oxygens (including phenoxy) is 2. The monoisotopic (exact) mass is 587 g/mol. The number of methoxy groups -OCH3 is 1. The molecule has 0 saturated carbocycles. The Morgan fingerprint density at radius 2 is 1.74 bits per heavy atom. The number of sulfonamides is 2. The molecule has 1 amide bonds. The van der Waals surface area contributed by atoms with E-state index in [1.165, 1.54) is 41.7 Å². The van der Waals surface area contributed by atoms with E-state index in [-0.39, 0.29) is 35.2 Å². The summed E-state index contributed by atoms with van der Waals surface area (Å²) in [4.78, 5) is 13.2. The highest BCUT2D eigenvalue weighted by Gasteiger charge is 2.32. The maximum atomic E-state index is 13.0. The average molecular weight is 588 g/mol. The molecule has 1 aliphatic heterocycles. The lowest BCUT2D eigenvalue weighted by molar-refractivity contribution is -0.122. The van der Waals surface area contributed by atoms with Gasteiger partial charge in [-0.25, -0.2) is 16.8 Å². The highest BCUT2D eigenvalue weighted by Crippen LogP contribution is 2.32. The molecule has 0 aliphatic carbocycles. The van der Waals surface area contributed by atoms with Gasteiger partial charge in [-0.1, -0.05) is 24.9 Å². The van der Waals surface area contributed by atoms with Crippen LogP contribution in [-0.2, 0) is 24.8 Å². The first kappa shape index (κ1) is 30.0. The van der Waals surface area contributed by atoms with E-state index >= 15 is 0 Å². The number of rotatable bonds is 12. The van der Waals surface area contributed by atoms with Gasteiger partial charge in [-0.05, 0) is 61.7 Å². The van der Waals surface area contributed by atoms with Gasteiger partial charge in [0.25, 0.3) is 0 Å². The summed E-state index contributed by atoms with van der Waals surface area (Å²) in [6, 6.07) is 9.67. The van der Waals surface area contributed by atoms with Crippen LogP contribution in [0.5, 0.6) is 11.5 Å². The minimum Gasteiger partial charge on any atom is -0.495 e. The third-order valence-corrected chi connectivity index (χ3v) is 9.55. The number of benzene rings is 2. The molecule has 10 nitrogen and oxygen atoms in total. The van der Waals surface area contributed by atoms with E-state index < -0.39 is 32.0 Å². The Hall–Kier alpha value is -2.54. The van der Waals surface area contributed by atoms with Crippen LogP contribution in [0.3, 0.4) is 0 Å². The zero-order valence-corrected chi connectivity index (χ0v) is 24.1. The van der Waals surface area contributed by atoms with Gasteiger partial charge >= 0.3 is 0 Å². The Labute approximate surface area is 230 Å². The molecule has 1 heterocycles. The Morgan fingerprint density at radius 1 is 1.08 bits per heavy atom. The summed E-state index contributed by atoms with van der Waals surface area (Å²) in [7, 11) is -5.90. The second-order valence-electron chi connectivity index (χ2n) is 8.88. The number of hydrogen-bond donors (Lipinski definition) is 1. The Balaban J connectivity index is 1.59. The van der Waals surface area contributed by atoms with Crippen molar-refractivity contribution in [1.29, 1.82) is 0 Å². The molecule has 1 N–H and O–H groups in total. The van der Waals surface area contributed by atoms with Crippen LogP contribution in [-0.4, -0.2) is 72.7 Å².